The number of nitrogens with two attached hydrogens (primary N) is 2. The van der Waals surface area contributed by atoms with Crippen molar-refractivity contribution in [1.82, 2.24) is 9.97 Å². The molecular weight excluding hydrogens is 414 g/mol. The van der Waals surface area contributed by atoms with E-state index in [4.69, 9.17) is 11.5 Å². The van der Waals surface area contributed by atoms with Gasteiger partial charge in [-0.2, -0.15) is 0 Å². The highest BCUT2D eigenvalue weighted by Crippen LogP contribution is 2.29. The number of rotatable bonds is 6. The molecule has 4 rings (SSSR count). The molecule has 1 amide bonds. The van der Waals surface area contributed by atoms with Crippen LogP contribution in [0.25, 0.3) is 11.3 Å². The van der Waals surface area contributed by atoms with Gasteiger partial charge in [0, 0.05) is 17.6 Å². The first-order chi connectivity index (χ1) is 15.4. The number of benzene rings is 1. The van der Waals surface area contributed by atoms with Gasteiger partial charge in [-0.3, -0.25) is 9.78 Å². The minimum atomic E-state index is -0.891. The Labute approximate surface area is 184 Å². The summed E-state index contributed by atoms with van der Waals surface area (Å²) in [5, 5.41) is 5.82. The summed E-state index contributed by atoms with van der Waals surface area (Å²) in [5.41, 5.74) is 12.7. The van der Waals surface area contributed by atoms with Crippen LogP contribution in [0.15, 0.2) is 48.7 Å². The van der Waals surface area contributed by atoms with Crippen molar-refractivity contribution in [2.24, 2.45) is 11.5 Å². The average molecular weight is 438 g/mol. The van der Waals surface area contributed by atoms with Gasteiger partial charge < -0.3 is 22.1 Å². The molecule has 6 N–H and O–H groups in total. The molecule has 1 aromatic carbocycles. The number of primary amides is 1. The summed E-state index contributed by atoms with van der Waals surface area (Å²) >= 11 is 0. The molecule has 2 unspecified atom stereocenters. The van der Waals surface area contributed by atoms with Crippen molar-refractivity contribution in [2.75, 3.05) is 10.6 Å². The fourth-order valence-corrected chi connectivity index (χ4v) is 3.82. The van der Waals surface area contributed by atoms with Crippen LogP contribution in [0.1, 0.15) is 36.0 Å². The first kappa shape index (κ1) is 21.6. The highest BCUT2D eigenvalue weighted by atomic mass is 19.1. The van der Waals surface area contributed by atoms with Crippen LogP contribution in [0.3, 0.4) is 0 Å². The number of nitrogens with one attached hydrogen (secondary N) is 2. The monoisotopic (exact) mass is 438 g/mol. The van der Waals surface area contributed by atoms with Crippen LogP contribution in [-0.4, -0.2) is 28.0 Å². The number of hydrogen-bond donors (Lipinski definition) is 4. The van der Waals surface area contributed by atoms with E-state index in [0.717, 1.165) is 43.5 Å². The molecule has 1 saturated carbocycles. The van der Waals surface area contributed by atoms with Gasteiger partial charge in [0.2, 0.25) is 0 Å². The summed E-state index contributed by atoms with van der Waals surface area (Å²) in [6.45, 7) is 0. The van der Waals surface area contributed by atoms with E-state index in [2.05, 4.69) is 20.6 Å². The second-order valence-corrected chi connectivity index (χ2v) is 7.82. The number of amides is 1. The fraction of sp³-hybridized carbons (Fsp3) is 0.261. The Balaban J connectivity index is 1.69. The van der Waals surface area contributed by atoms with Crippen LogP contribution in [0.2, 0.25) is 0 Å². The van der Waals surface area contributed by atoms with E-state index in [9.17, 15) is 13.6 Å². The molecule has 1 aliphatic rings. The smallest absolute Gasteiger partial charge is 0.252 e. The molecule has 2 atom stereocenters. The van der Waals surface area contributed by atoms with Crippen LogP contribution in [-0.2, 0) is 0 Å². The minimum Gasteiger partial charge on any atom is -0.365 e. The highest BCUT2D eigenvalue weighted by molar-refractivity contribution is 5.98. The van der Waals surface area contributed by atoms with Crippen LogP contribution in [0.5, 0.6) is 0 Å². The molecule has 1 aliphatic carbocycles. The van der Waals surface area contributed by atoms with Gasteiger partial charge >= 0.3 is 0 Å². The third-order valence-electron chi connectivity index (χ3n) is 5.56. The number of hydrogen-bond acceptors (Lipinski definition) is 6. The molecule has 0 spiro atoms. The van der Waals surface area contributed by atoms with E-state index in [1.165, 1.54) is 6.07 Å². The van der Waals surface area contributed by atoms with Gasteiger partial charge in [0.05, 0.1) is 23.1 Å². The predicted molar refractivity (Wildman–Crippen MR) is 119 cm³/mol. The Morgan fingerprint density at radius 1 is 1.03 bits per heavy atom. The summed E-state index contributed by atoms with van der Waals surface area (Å²) < 4.78 is 29.2. The third kappa shape index (κ3) is 4.67. The van der Waals surface area contributed by atoms with E-state index in [1.807, 2.05) is 30.3 Å². The lowest BCUT2D eigenvalue weighted by Crippen LogP contribution is -2.43. The number of pyridine rings is 2. The van der Waals surface area contributed by atoms with Gasteiger partial charge in [-0.1, -0.05) is 43.2 Å². The molecule has 32 heavy (non-hydrogen) atoms. The van der Waals surface area contributed by atoms with Gasteiger partial charge in [-0.25, -0.2) is 13.8 Å². The number of aromatic nitrogens is 2. The van der Waals surface area contributed by atoms with Crippen molar-refractivity contribution < 1.29 is 13.6 Å². The molecule has 9 heteroatoms. The molecular formula is C23H24F2N6O. The predicted octanol–water partition coefficient (Wildman–Crippen LogP) is 3.95. The molecule has 7 nitrogen and oxygen atoms in total. The maximum Gasteiger partial charge on any atom is 0.252 e. The minimum absolute atomic E-state index is 0.0285. The summed E-state index contributed by atoms with van der Waals surface area (Å²) in [7, 11) is 0. The van der Waals surface area contributed by atoms with E-state index < -0.39 is 17.5 Å². The average Bonchev–Trinajstić information content (AvgIpc) is 2.79. The van der Waals surface area contributed by atoms with Crippen molar-refractivity contribution in [2.45, 2.75) is 37.8 Å². The van der Waals surface area contributed by atoms with Crippen LogP contribution in [0.4, 0.5) is 26.1 Å². The largest absolute Gasteiger partial charge is 0.365 e. The Morgan fingerprint density at radius 2 is 1.78 bits per heavy atom. The molecule has 2 aromatic heterocycles. The molecule has 3 aromatic rings. The second-order valence-electron chi connectivity index (χ2n) is 7.82. The number of halogens is 2. The first-order valence-electron chi connectivity index (χ1n) is 10.4. The maximum atomic E-state index is 14.7. The zero-order chi connectivity index (χ0) is 22.7. The summed E-state index contributed by atoms with van der Waals surface area (Å²) in [6.07, 6.45) is 4.67. The van der Waals surface area contributed by atoms with Gasteiger partial charge in [0.25, 0.3) is 5.91 Å². The molecule has 0 saturated heterocycles. The third-order valence-corrected chi connectivity index (χ3v) is 5.56. The molecule has 0 radical (unpaired) electrons. The Kier molecular flexibility index (Phi) is 6.27. The lowest BCUT2D eigenvalue weighted by Gasteiger charge is -2.30. The molecule has 2 heterocycles. The fourth-order valence-electron chi connectivity index (χ4n) is 3.82. The quantitative estimate of drug-likeness (QED) is 0.463. The molecule has 0 bridgehead atoms. The first-order valence-corrected chi connectivity index (χ1v) is 10.4. The van der Waals surface area contributed by atoms with Crippen molar-refractivity contribution in [1.29, 1.82) is 0 Å². The van der Waals surface area contributed by atoms with Crippen molar-refractivity contribution >= 4 is 23.2 Å². The van der Waals surface area contributed by atoms with Gasteiger partial charge in [-0.15, -0.1) is 0 Å². The van der Waals surface area contributed by atoms with Crippen LogP contribution in [0, 0.1) is 11.6 Å². The van der Waals surface area contributed by atoms with E-state index >= 15 is 0 Å². The topological polar surface area (TPSA) is 119 Å². The molecule has 0 aliphatic heterocycles. The van der Waals surface area contributed by atoms with Crippen LogP contribution < -0.4 is 22.1 Å². The van der Waals surface area contributed by atoms with Gasteiger partial charge in [-0.05, 0) is 25.0 Å². The van der Waals surface area contributed by atoms with Crippen molar-refractivity contribution in [3.8, 4) is 11.3 Å². The SMILES string of the molecule is NC(=O)c1cc(F)c(NC2CCCCC2N)nc1Nc1cc(-c2ccccc2)ncc1F. The van der Waals surface area contributed by atoms with Gasteiger partial charge in [0.15, 0.2) is 17.5 Å². The van der Waals surface area contributed by atoms with E-state index in [0.29, 0.717) is 5.69 Å². The molecule has 166 valence electrons. The lowest BCUT2D eigenvalue weighted by atomic mass is 9.91. The van der Waals surface area contributed by atoms with E-state index in [-0.39, 0.29) is 35.0 Å². The van der Waals surface area contributed by atoms with Crippen LogP contribution >= 0.6 is 0 Å². The highest BCUT2D eigenvalue weighted by Gasteiger charge is 2.24. The number of carbonyl (C=O) groups excluding carboxylic acids is 1. The zero-order valence-corrected chi connectivity index (χ0v) is 17.3. The summed E-state index contributed by atoms with van der Waals surface area (Å²) in [6, 6.07) is 11.4. The standard InChI is InChI=1S/C23H24F2N6O/c24-15-10-14(21(27)32)22(31-23(15)29-18-9-5-4-8-17(18)26)30-20-11-19(28-12-16(20)25)13-6-2-1-3-7-13/h1-3,6-7,10-12,17-18H,4-5,8-9,26H2,(H2,27,32)(H2,28,29,30,31). The van der Waals surface area contributed by atoms with Gasteiger partial charge in [0.1, 0.15) is 5.82 Å². The zero-order valence-electron chi connectivity index (χ0n) is 17.3. The number of nitrogens with zero attached hydrogens (tertiary/aromatic N) is 2. The second kappa shape index (κ2) is 9.27. The normalized spacial score (nSPS) is 18.2. The lowest BCUT2D eigenvalue weighted by molar-refractivity contribution is 0.100. The Bertz CT molecular complexity index is 1120. The maximum absolute atomic E-state index is 14.7. The molecule has 1 fully saturated rings. The number of anilines is 3. The van der Waals surface area contributed by atoms with E-state index in [1.54, 1.807) is 0 Å². The Morgan fingerprint density at radius 3 is 2.50 bits per heavy atom. The van der Waals surface area contributed by atoms with Crippen molar-refractivity contribution in [3.05, 3.63) is 65.9 Å². The summed E-state index contributed by atoms with van der Waals surface area (Å²) in [5.74, 6) is -2.41. The number of carbonyl (C=O) groups is 1. The van der Waals surface area contributed by atoms with Crippen molar-refractivity contribution in [3.63, 3.8) is 0 Å². The Hall–Kier alpha value is -3.59. The summed E-state index contributed by atoms with van der Waals surface area (Å²) in [4.78, 5) is 20.3.